The zero-order valence-electron chi connectivity index (χ0n) is 11.0. The molecule has 2 rings (SSSR count). The second-order valence-corrected chi connectivity index (χ2v) is 4.75. The summed E-state index contributed by atoms with van der Waals surface area (Å²) in [4.78, 5) is 0. The van der Waals surface area contributed by atoms with Crippen LogP contribution in [0.1, 0.15) is 30.9 Å². The highest BCUT2D eigenvalue weighted by molar-refractivity contribution is 5.29. The summed E-state index contributed by atoms with van der Waals surface area (Å²) in [6, 6.07) is 11.0. The Balaban J connectivity index is 2.04. The highest BCUT2D eigenvalue weighted by atomic mass is 19.1. The largest absolute Gasteiger partial charge is 0.489 e. The van der Waals surface area contributed by atoms with E-state index in [1.807, 2.05) is 24.3 Å². The van der Waals surface area contributed by atoms with E-state index in [4.69, 9.17) is 4.74 Å². The summed E-state index contributed by atoms with van der Waals surface area (Å²) >= 11 is 0. The number of benzene rings is 2. The molecule has 0 aliphatic carbocycles. The molecule has 1 nitrogen and oxygen atoms in total. The van der Waals surface area contributed by atoms with Gasteiger partial charge in [0.15, 0.2) is 0 Å². The fraction of sp³-hybridized carbons (Fsp3) is 0.250. The van der Waals surface area contributed by atoms with E-state index in [1.54, 1.807) is 0 Å². The Hall–Kier alpha value is -1.90. The van der Waals surface area contributed by atoms with Crippen molar-refractivity contribution in [2.75, 3.05) is 0 Å². The minimum absolute atomic E-state index is 0.0185. The summed E-state index contributed by atoms with van der Waals surface area (Å²) in [6.45, 7) is 4.24. The molecule has 0 fully saturated rings. The summed E-state index contributed by atoms with van der Waals surface area (Å²) in [5.41, 5.74) is 1.43. The summed E-state index contributed by atoms with van der Waals surface area (Å²) in [5.74, 6) is 0.179. The Morgan fingerprint density at radius 1 is 1.00 bits per heavy atom. The Bertz CT molecular complexity index is 547. The van der Waals surface area contributed by atoms with E-state index in [1.165, 1.54) is 5.56 Å². The minimum atomic E-state index is -0.463. The third-order valence-electron chi connectivity index (χ3n) is 2.95. The first kappa shape index (κ1) is 13.5. The molecule has 0 amide bonds. The third-order valence-corrected chi connectivity index (χ3v) is 2.95. The maximum Gasteiger partial charge on any atom is 0.130 e. The summed E-state index contributed by atoms with van der Waals surface area (Å²) in [5, 5.41) is 0. The fourth-order valence-corrected chi connectivity index (χ4v) is 1.76. The van der Waals surface area contributed by atoms with Crippen LogP contribution in [0.15, 0.2) is 42.5 Å². The number of halogens is 2. The maximum atomic E-state index is 13.4. The molecule has 0 atom stereocenters. The number of rotatable bonds is 4. The monoisotopic (exact) mass is 262 g/mol. The first-order valence-electron chi connectivity index (χ1n) is 6.23. The molecule has 0 N–H and O–H groups in total. The standard InChI is InChI=1S/C16H16F2O/c1-11(2)12-3-6-15(7-4-12)19-10-13-9-14(17)5-8-16(13)18/h3-9,11H,10H2,1-2H3. The molecule has 3 heteroatoms. The van der Waals surface area contributed by atoms with Crippen molar-refractivity contribution in [1.82, 2.24) is 0 Å². The van der Waals surface area contributed by atoms with Gasteiger partial charge in [-0.25, -0.2) is 8.78 Å². The molecule has 0 aromatic heterocycles. The van der Waals surface area contributed by atoms with Gasteiger partial charge in [0, 0.05) is 5.56 Å². The topological polar surface area (TPSA) is 9.23 Å². The quantitative estimate of drug-likeness (QED) is 0.778. The molecule has 0 bridgehead atoms. The average Bonchev–Trinajstić information content (AvgIpc) is 2.40. The van der Waals surface area contributed by atoms with E-state index in [0.29, 0.717) is 11.7 Å². The normalized spacial score (nSPS) is 10.8. The molecule has 0 saturated heterocycles. The van der Waals surface area contributed by atoms with Crippen LogP contribution in [0.4, 0.5) is 8.78 Å². The molecule has 2 aromatic rings. The predicted octanol–water partition coefficient (Wildman–Crippen LogP) is 4.67. The Morgan fingerprint density at radius 3 is 2.32 bits per heavy atom. The van der Waals surface area contributed by atoms with Crippen LogP contribution in [0.25, 0.3) is 0 Å². The first-order valence-corrected chi connectivity index (χ1v) is 6.23. The van der Waals surface area contributed by atoms with Gasteiger partial charge in [-0.3, -0.25) is 0 Å². The highest BCUT2D eigenvalue weighted by Crippen LogP contribution is 2.20. The Morgan fingerprint density at radius 2 is 1.68 bits per heavy atom. The van der Waals surface area contributed by atoms with Crippen LogP contribution in [0.5, 0.6) is 5.75 Å². The Labute approximate surface area is 111 Å². The van der Waals surface area contributed by atoms with Gasteiger partial charge in [-0.2, -0.15) is 0 Å². The van der Waals surface area contributed by atoms with Gasteiger partial charge in [-0.15, -0.1) is 0 Å². The first-order chi connectivity index (χ1) is 9.06. The number of hydrogen-bond acceptors (Lipinski definition) is 1. The number of ether oxygens (including phenoxy) is 1. The number of hydrogen-bond donors (Lipinski definition) is 0. The lowest BCUT2D eigenvalue weighted by Crippen LogP contribution is -1.99. The van der Waals surface area contributed by atoms with Gasteiger partial charge in [0.05, 0.1) is 0 Å². The lowest BCUT2D eigenvalue weighted by Gasteiger charge is -2.09. The van der Waals surface area contributed by atoms with Crippen molar-refractivity contribution in [2.45, 2.75) is 26.4 Å². The molecular weight excluding hydrogens is 246 g/mol. The molecule has 0 spiro atoms. The van der Waals surface area contributed by atoms with Crippen LogP contribution in [-0.4, -0.2) is 0 Å². The molecule has 100 valence electrons. The summed E-state index contributed by atoms with van der Waals surface area (Å²) < 4.78 is 31.8. The average molecular weight is 262 g/mol. The van der Waals surface area contributed by atoms with Crippen LogP contribution in [0.2, 0.25) is 0 Å². The van der Waals surface area contributed by atoms with Crippen LogP contribution >= 0.6 is 0 Å². The van der Waals surface area contributed by atoms with Crippen molar-refractivity contribution in [3.8, 4) is 5.75 Å². The highest BCUT2D eigenvalue weighted by Gasteiger charge is 2.05. The molecule has 0 aliphatic rings. The van der Waals surface area contributed by atoms with Crippen molar-refractivity contribution in [3.63, 3.8) is 0 Å². The molecule has 0 saturated carbocycles. The molecular formula is C16H16F2O. The van der Waals surface area contributed by atoms with E-state index in [2.05, 4.69) is 13.8 Å². The zero-order valence-corrected chi connectivity index (χ0v) is 11.0. The van der Waals surface area contributed by atoms with Crippen LogP contribution in [0.3, 0.4) is 0 Å². The van der Waals surface area contributed by atoms with Gasteiger partial charge in [0.25, 0.3) is 0 Å². The fourth-order valence-electron chi connectivity index (χ4n) is 1.76. The molecule has 0 heterocycles. The van der Waals surface area contributed by atoms with E-state index in [9.17, 15) is 8.78 Å². The van der Waals surface area contributed by atoms with Gasteiger partial charge in [0.2, 0.25) is 0 Å². The minimum Gasteiger partial charge on any atom is -0.489 e. The van der Waals surface area contributed by atoms with Crippen molar-refractivity contribution in [2.24, 2.45) is 0 Å². The molecule has 0 unspecified atom stereocenters. The SMILES string of the molecule is CC(C)c1ccc(OCc2cc(F)ccc2F)cc1. The molecule has 2 aromatic carbocycles. The zero-order chi connectivity index (χ0) is 13.8. The molecule has 0 aliphatic heterocycles. The van der Waals surface area contributed by atoms with Gasteiger partial charge >= 0.3 is 0 Å². The van der Waals surface area contributed by atoms with E-state index >= 15 is 0 Å². The van der Waals surface area contributed by atoms with Crippen LogP contribution in [-0.2, 0) is 6.61 Å². The Kier molecular flexibility index (Phi) is 4.15. The van der Waals surface area contributed by atoms with Gasteiger partial charge in [-0.1, -0.05) is 26.0 Å². The van der Waals surface area contributed by atoms with Crippen LogP contribution < -0.4 is 4.74 Å². The van der Waals surface area contributed by atoms with Crippen molar-refractivity contribution >= 4 is 0 Å². The smallest absolute Gasteiger partial charge is 0.130 e. The third kappa shape index (κ3) is 3.53. The molecule has 0 radical (unpaired) electrons. The van der Waals surface area contributed by atoms with Crippen molar-refractivity contribution < 1.29 is 13.5 Å². The van der Waals surface area contributed by atoms with Crippen LogP contribution in [0, 0.1) is 11.6 Å². The van der Waals surface area contributed by atoms with Gasteiger partial charge in [-0.05, 0) is 41.8 Å². The van der Waals surface area contributed by atoms with Crippen molar-refractivity contribution in [3.05, 3.63) is 65.2 Å². The van der Waals surface area contributed by atoms with Crippen molar-refractivity contribution in [1.29, 1.82) is 0 Å². The second kappa shape index (κ2) is 5.83. The second-order valence-electron chi connectivity index (χ2n) is 4.75. The van der Waals surface area contributed by atoms with Gasteiger partial charge < -0.3 is 4.74 Å². The summed E-state index contributed by atoms with van der Waals surface area (Å²) in [7, 11) is 0. The predicted molar refractivity (Wildman–Crippen MR) is 71.2 cm³/mol. The summed E-state index contributed by atoms with van der Waals surface area (Å²) in [6.07, 6.45) is 0. The lowest BCUT2D eigenvalue weighted by molar-refractivity contribution is 0.299. The van der Waals surface area contributed by atoms with E-state index in [-0.39, 0.29) is 12.2 Å². The maximum absolute atomic E-state index is 13.4. The molecule has 19 heavy (non-hydrogen) atoms. The van der Waals surface area contributed by atoms with E-state index in [0.717, 1.165) is 18.2 Å². The lowest BCUT2D eigenvalue weighted by atomic mass is 10.0. The van der Waals surface area contributed by atoms with Gasteiger partial charge in [0.1, 0.15) is 24.0 Å². The van der Waals surface area contributed by atoms with E-state index < -0.39 is 11.6 Å².